The van der Waals surface area contributed by atoms with Crippen molar-refractivity contribution in [1.82, 2.24) is 0 Å². The van der Waals surface area contributed by atoms with Crippen molar-refractivity contribution in [3.63, 3.8) is 0 Å². The number of methoxy groups -OCH3 is 1. The van der Waals surface area contributed by atoms with Crippen molar-refractivity contribution in [3.05, 3.63) is 53.6 Å². The highest BCUT2D eigenvalue weighted by atomic mass is 16.5. The predicted octanol–water partition coefficient (Wildman–Crippen LogP) is 4.43. The molecule has 0 radical (unpaired) electrons. The van der Waals surface area contributed by atoms with Gasteiger partial charge in [0.05, 0.1) is 26.0 Å². The highest BCUT2D eigenvalue weighted by Crippen LogP contribution is 2.33. The van der Waals surface area contributed by atoms with Gasteiger partial charge in [0.2, 0.25) is 0 Å². The summed E-state index contributed by atoms with van der Waals surface area (Å²) in [5.41, 5.74) is 1.04. The highest BCUT2D eigenvalue weighted by Gasteiger charge is 2.15. The number of anilines is 1. The second-order valence-corrected chi connectivity index (χ2v) is 5.78. The molecule has 0 fully saturated rings. The van der Waals surface area contributed by atoms with Gasteiger partial charge in [-0.15, -0.1) is 0 Å². The topological polar surface area (TPSA) is 80.6 Å². The molecule has 2 aromatic rings. The number of para-hydroxylation sites is 3. The van der Waals surface area contributed by atoms with Gasteiger partial charge in [-0.1, -0.05) is 31.2 Å². The first-order valence-corrected chi connectivity index (χ1v) is 9.09. The number of nitrogens with one attached hydrogen (secondary N) is 1. The van der Waals surface area contributed by atoms with Gasteiger partial charge in [-0.3, -0.25) is 4.79 Å². The first kappa shape index (κ1) is 20.8. The molecule has 0 spiro atoms. The van der Waals surface area contributed by atoms with E-state index < -0.39 is 5.91 Å². The number of hydrogen-bond acceptors (Lipinski definition) is 5. The molecular formula is C22H24N2O4. The summed E-state index contributed by atoms with van der Waals surface area (Å²) in [5, 5.41) is 12.2. The molecule has 0 saturated heterocycles. The number of hydrogen-bond donors (Lipinski definition) is 1. The van der Waals surface area contributed by atoms with Gasteiger partial charge in [0.15, 0.2) is 11.5 Å². The second kappa shape index (κ2) is 10.6. The normalized spacial score (nSPS) is 10.7. The zero-order chi connectivity index (χ0) is 20.4. The molecule has 0 aliphatic heterocycles. The van der Waals surface area contributed by atoms with E-state index in [4.69, 9.17) is 14.2 Å². The average molecular weight is 380 g/mol. The summed E-state index contributed by atoms with van der Waals surface area (Å²) in [6.45, 7) is 4.86. The van der Waals surface area contributed by atoms with Gasteiger partial charge in [-0.2, -0.15) is 5.26 Å². The Morgan fingerprint density at radius 1 is 1.11 bits per heavy atom. The first-order chi connectivity index (χ1) is 13.6. The van der Waals surface area contributed by atoms with E-state index in [0.717, 1.165) is 6.42 Å². The van der Waals surface area contributed by atoms with E-state index in [1.165, 1.54) is 13.2 Å². The number of rotatable bonds is 9. The Morgan fingerprint density at radius 3 is 2.54 bits per heavy atom. The van der Waals surface area contributed by atoms with Crippen LogP contribution in [0.4, 0.5) is 5.69 Å². The fourth-order valence-corrected chi connectivity index (χ4v) is 2.52. The molecule has 0 aromatic heterocycles. The molecule has 1 N–H and O–H groups in total. The summed E-state index contributed by atoms with van der Waals surface area (Å²) in [6, 6.07) is 14.3. The maximum atomic E-state index is 12.6. The van der Waals surface area contributed by atoms with Crippen LogP contribution in [0.25, 0.3) is 6.08 Å². The predicted molar refractivity (Wildman–Crippen MR) is 109 cm³/mol. The monoisotopic (exact) mass is 380 g/mol. The van der Waals surface area contributed by atoms with E-state index in [0.29, 0.717) is 41.7 Å². The molecule has 0 aliphatic carbocycles. The van der Waals surface area contributed by atoms with Crippen molar-refractivity contribution in [2.24, 2.45) is 0 Å². The lowest BCUT2D eigenvalue weighted by molar-refractivity contribution is -0.112. The summed E-state index contributed by atoms with van der Waals surface area (Å²) in [4.78, 5) is 12.6. The molecule has 0 atom stereocenters. The van der Waals surface area contributed by atoms with E-state index in [9.17, 15) is 10.1 Å². The van der Waals surface area contributed by atoms with E-state index in [1.54, 1.807) is 42.5 Å². The first-order valence-electron chi connectivity index (χ1n) is 9.09. The van der Waals surface area contributed by atoms with E-state index >= 15 is 0 Å². The maximum absolute atomic E-state index is 12.6. The molecule has 146 valence electrons. The largest absolute Gasteiger partial charge is 0.495 e. The number of nitriles is 1. The zero-order valence-electron chi connectivity index (χ0n) is 16.3. The number of carbonyl (C=O) groups excluding carboxylic acids is 1. The fourth-order valence-electron chi connectivity index (χ4n) is 2.52. The Bertz CT molecular complexity index is 884. The average Bonchev–Trinajstić information content (AvgIpc) is 2.71. The minimum atomic E-state index is -0.532. The Labute approximate surface area is 165 Å². The van der Waals surface area contributed by atoms with Crippen LogP contribution in [0.3, 0.4) is 0 Å². The van der Waals surface area contributed by atoms with Crippen molar-refractivity contribution in [3.8, 4) is 23.3 Å². The van der Waals surface area contributed by atoms with Gasteiger partial charge in [-0.25, -0.2) is 0 Å². The second-order valence-electron chi connectivity index (χ2n) is 5.78. The number of ether oxygens (including phenoxy) is 3. The number of carbonyl (C=O) groups is 1. The van der Waals surface area contributed by atoms with Crippen LogP contribution in [-0.4, -0.2) is 26.2 Å². The Hall–Kier alpha value is -3.46. The van der Waals surface area contributed by atoms with Crippen molar-refractivity contribution < 1.29 is 19.0 Å². The van der Waals surface area contributed by atoms with Crippen LogP contribution in [0.1, 0.15) is 25.8 Å². The van der Waals surface area contributed by atoms with Gasteiger partial charge in [0.25, 0.3) is 5.91 Å². The summed E-state index contributed by atoms with van der Waals surface area (Å²) < 4.78 is 16.7. The van der Waals surface area contributed by atoms with Crippen LogP contribution in [0.5, 0.6) is 17.2 Å². The fraction of sp³-hybridized carbons (Fsp3) is 0.273. The molecule has 28 heavy (non-hydrogen) atoms. The Morgan fingerprint density at radius 2 is 1.86 bits per heavy atom. The molecular weight excluding hydrogens is 356 g/mol. The van der Waals surface area contributed by atoms with Gasteiger partial charge >= 0.3 is 0 Å². The minimum absolute atomic E-state index is 0.0547. The SMILES string of the molecule is CCCOc1c(/C=C(\C#N)C(=O)Nc2ccccc2OC)cccc1OCC. The zero-order valence-corrected chi connectivity index (χ0v) is 16.3. The third-order valence-electron chi connectivity index (χ3n) is 3.78. The van der Waals surface area contributed by atoms with Crippen LogP contribution in [0.2, 0.25) is 0 Å². The van der Waals surface area contributed by atoms with Crippen LogP contribution in [0, 0.1) is 11.3 Å². The molecule has 0 unspecified atom stereocenters. The maximum Gasteiger partial charge on any atom is 0.266 e. The standard InChI is InChI=1S/C22H24N2O4/c1-4-13-28-21-16(9-8-12-20(21)27-5-2)14-17(15-23)22(25)24-18-10-6-7-11-19(18)26-3/h6-12,14H,4-5,13H2,1-3H3,(H,24,25)/b17-14+. The molecule has 0 heterocycles. The van der Waals surface area contributed by atoms with E-state index in [2.05, 4.69) is 5.32 Å². The van der Waals surface area contributed by atoms with E-state index in [1.807, 2.05) is 19.9 Å². The van der Waals surface area contributed by atoms with E-state index in [-0.39, 0.29) is 5.57 Å². The summed E-state index contributed by atoms with van der Waals surface area (Å²) in [7, 11) is 1.52. The summed E-state index contributed by atoms with van der Waals surface area (Å²) >= 11 is 0. The van der Waals surface area contributed by atoms with Crippen LogP contribution in [0.15, 0.2) is 48.0 Å². The third kappa shape index (κ3) is 5.27. The molecule has 1 amide bonds. The van der Waals surface area contributed by atoms with Gasteiger partial charge in [0.1, 0.15) is 17.4 Å². The summed E-state index contributed by atoms with van der Waals surface area (Å²) in [5.74, 6) is 1.07. The molecule has 6 nitrogen and oxygen atoms in total. The molecule has 0 bridgehead atoms. The molecule has 2 rings (SSSR count). The number of benzene rings is 2. The van der Waals surface area contributed by atoms with Crippen LogP contribution >= 0.6 is 0 Å². The van der Waals surface area contributed by atoms with Crippen molar-refractivity contribution in [1.29, 1.82) is 5.26 Å². The lowest BCUT2D eigenvalue weighted by Crippen LogP contribution is -2.14. The molecule has 6 heteroatoms. The lowest BCUT2D eigenvalue weighted by atomic mass is 10.1. The molecule has 2 aromatic carbocycles. The minimum Gasteiger partial charge on any atom is -0.495 e. The Balaban J connectivity index is 2.36. The van der Waals surface area contributed by atoms with Gasteiger partial charge in [0, 0.05) is 5.56 Å². The highest BCUT2D eigenvalue weighted by molar-refractivity contribution is 6.10. The number of nitrogens with zero attached hydrogens (tertiary/aromatic N) is 1. The van der Waals surface area contributed by atoms with Crippen molar-refractivity contribution >= 4 is 17.7 Å². The quantitative estimate of drug-likeness (QED) is 0.514. The van der Waals surface area contributed by atoms with Gasteiger partial charge < -0.3 is 19.5 Å². The van der Waals surface area contributed by atoms with Crippen LogP contribution < -0.4 is 19.5 Å². The molecule has 0 saturated carbocycles. The van der Waals surface area contributed by atoms with Gasteiger partial charge in [-0.05, 0) is 37.6 Å². The van der Waals surface area contributed by atoms with Crippen molar-refractivity contribution in [2.75, 3.05) is 25.6 Å². The molecule has 0 aliphatic rings. The Kier molecular flexibility index (Phi) is 7.92. The van der Waals surface area contributed by atoms with Crippen molar-refractivity contribution in [2.45, 2.75) is 20.3 Å². The number of amides is 1. The van der Waals surface area contributed by atoms with Crippen LogP contribution in [-0.2, 0) is 4.79 Å². The smallest absolute Gasteiger partial charge is 0.266 e. The third-order valence-corrected chi connectivity index (χ3v) is 3.78. The lowest BCUT2D eigenvalue weighted by Gasteiger charge is -2.14. The summed E-state index contributed by atoms with van der Waals surface area (Å²) in [6.07, 6.45) is 2.32.